The maximum absolute atomic E-state index is 12.8. The van der Waals surface area contributed by atoms with Crippen LogP contribution in [0.3, 0.4) is 0 Å². The van der Waals surface area contributed by atoms with E-state index >= 15 is 0 Å². The van der Waals surface area contributed by atoms with Crippen LogP contribution in [0.25, 0.3) is 10.8 Å². The van der Waals surface area contributed by atoms with Gasteiger partial charge in [-0.25, -0.2) is 0 Å². The van der Waals surface area contributed by atoms with E-state index in [0.29, 0.717) is 22.5 Å². The SMILES string of the molecule is O=C(Nc1cc2ccccc2cc1NC(=O)c1ccc(Br)cc1)c1ccc(Br)cc1. The molecule has 4 aromatic rings. The Balaban J connectivity index is 1.68. The van der Waals surface area contributed by atoms with Crippen molar-refractivity contribution in [3.05, 3.63) is 105 Å². The average Bonchev–Trinajstić information content (AvgIpc) is 2.75. The Morgan fingerprint density at radius 1 is 0.567 bits per heavy atom. The molecule has 0 bridgehead atoms. The average molecular weight is 524 g/mol. The Hall–Kier alpha value is -2.96. The van der Waals surface area contributed by atoms with Crippen molar-refractivity contribution in [3.63, 3.8) is 0 Å². The van der Waals surface area contributed by atoms with Crippen molar-refractivity contribution in [1.29, 1.82) is 0 Å². The zero-order chi connectivity index (χ0) is 21.1. The van der Waals surface area contributed by atoms with Gasteiger partial charge in [0.05, 0.1) is 11.4 Å². The zero-order valence-corrected chi connectivity index (χ0v) is 18.8. The van der Waals surface area contributed by atoms with E-state index in [9.17, 15) is 9.59 Å². The minimum Gasteiger partial charge on any atom is -0.320 e. The molecule has 0 aliphatic heterocycles. The number of fused-ring (bicyclic) bond motifs is 1. The molecule has 0 atom stereocenters. The van der Waals surface area contributed by atoms with Gasteiger partial charge in [0.1, 0.15) is 0 Å². The molecule has 0 aliphatic rings. The molecule has 0 fully saturated rings. The predicted octanol–water partition coefficient (Wildman–Crippen LogP) is 6.87. The summed E-state index contributed by atoms with van der Waals surface area (Å²) in [4.78, 5) is 25.5. The highest BCUT2D eigenvalue weighted by molar-refractivity contribution is 9.10. The topological polar surface area (TPSA) is 58.2 Å². The van der Waals surface area contributed by atoms with Gasteiger partial charge in [0.15, 0.2) is 0 Å². The lowest BCUT2D eigenvalue weighted by Gasteiger charge is -2.14. The molecule has 0 heterocycles. The third-order valence-corrected chi connectivity index (χ3v) is 5.65. The molecule has 0 radical (unpaired) electrons. The van der Waals surface area contributed by atoms with Gasteiger partial charge in [-0.2, -0.15) is 0 Å². The Morgan fingerprint density at radius 2 is 0.933 bits per heavy atom. The lowest BCUT2D eigenvalue weighted by Crippen LogP contribution is -2.17. The molecule has 0 aromatic heterocycles. The Bertz CT molecular complexity index is 1140. The summed E-state index contributed by atoms with van der Waals surface area (Å²) in [5, 5.41) is 7.78. The van der Waals surface area contributed by atoms with E-state index < -0.39 is 0 Å². The van der Waals surface area contributed by atoms with Gasteiger partial charge in [-0.05, 0) is 71.4 Å². The van der Waals surface area contributed by atoms with Gasteiger partial charge in [0.25, 0.3) is 11.8 Å². The highest BCUT2D eigenvalue weighted by Gasteiger charge is 2.14. The summed E-state index contributed by atoms with van der Waals surface area (Å²) >= 11 is 6.74. The van der Waals surface area contributed by atoms with Gasteiger partial charge in [0.2, 0.25) is 0 Å². The third kappa shape index (κ3) is 4.61. The van der Waals surface area contributed by atoms with Crippen LogP contribution in [0.2, 0.25) is 0 Å². The monoisotopic (exact) mass is 522 g/mol. The van der Waals surface area contributed by atoms with Gasteiger partial charge >= 0.3 is 0 Å². The Labute approximate surface area is 190 Å². The van der Waals surface area contributed by atoms with Crippen LogP contribution >= 0.6 is 31.9 Å². The second-order valence-electron chi connectivity index (χ2n) is 6.67. The number of hydrogen-bond acceptors (Lipinski definition) is 2. The molecule has 0 saturated heterocycles. The second kappa shape index (κ2) is 8.81. The van der Waals surface area contributed by atoms with E-state index in [2.05, 4.69) is 42.5 Å². The third-order valence-electron chi connectivity index (χ3n) is 4.60. The summed E-state index contributed by atoms with van der Waals surface area (Å²) in [6, 6.07) is 25.7. The maximum Gasteiger partial charge on any atom is 0.255 e. The molecule has 6 heteroatoms. The molecule has 4 aromatic carbocycles. The second-order valence-corrected chi connectivity index (χ2v) is 8.50. The zero-order valence-electron chi connectivity index (χ0n) is 15.7. The summed E-state index contributed by atoms with van der Waals surface area (Å²) in [5.41, 5.74) is 2.12. The van der Waals surface area contributed by atoms with Crippen LogP contribution in [0.15, 0.2) is 93.9 Å². The summed E-state index contributed by atoms with van der Waals surface area (Å²) in [6.07, 6.45) is 0. The van der Waals surface area contributed by atoms with E-state index in [1.807, 2.05) is 60.7 Å². The fourth-order valence-corrected chi connectivity index (χ4v) is 3.57. The van der Waals surface area contributed by atoms with Gasteiger partial charge in [0, 0.05) is 20.1 Å². The van der Waals surface area contributed by atoms with Gasteiger partial charge in [-0.3, -0.25) is 9.59 Å². The number of benzene rings is 4. The highest BCUT2D eigenvalue weighted by Crippen LogP contribution is 2.29. The van der Waals surface area contributed by atoms with Crippen LogP contribution < -0.4 is 10.6 Å². The van der Waals surface area contributed by atoms with E-state index in [0.717, 1.165) is 19.7 Å². The van der Waals surface area contributed by atoms with Crippen molar-refractivity contribution in [2.24, 2.45) is 0 Å². The molecule has 0 saturated carbocycles. The molecule has 4 nitrogen and oxygen atoms in total. The number of hydrogen-bond donors (Lipinski definition) is 2. The number of anilines is 2. The van der Waals surface area contributed by atoms with Crippen LogP contribution in [-0.2, 0) is 0 Å². The molecule has 0 unspecified atom stereocenters. The lowest BCUT2D eigenvalue weighted by atomic mass is 10.1. The van der Waals surface area contributed by atoms with Crippen LogP contribution in [-0.4, -0.2) is 11.8 Å². The lowest BCUT2D eigenvalue weighted by molar-refractivity contribution is 0.101. The van der Waals surface area contributed by atoms with Crippen molar-refractivity contribution in [2.75, 3.05) is 10.6 Å². The van der Waals surface area contributed by atoms with Gasteiger partial charge < -0.3 is 10.6 Å². The van der Waals surface area contributed by atoms with Gasteiger partial charge in [-0.1, -0.05) is 56.1 Å². The largest absolute Gasteiger partial charge is 0.320 e. The summed E-state index contributed by atoms with van der Waals surface area (Å²) in [6.45, 7) is 0. The van der Waals surface area contributed by atoms with Crippen LogP contribution in [0, 0.1) is 0 Å². The first kappa shape index (κ1) is 20.3. The summed E-state index contributed by atoms with van der Waals surface area (Å²) < 4.78 is 1.79. The molecule has 4 rings (SSSR count). The first-order chi connectivity index (χ1) is 14.5. The molecular weight excluding hydrogens is 508 g/mol. The molecule has 2 amide bonds. The van der Waals surface area contributed by atoms with Gasteiger partial charge in [-0.15, -0.1) is 0 Å². The number of nitrogens with one attached hydrogen (secondary N) is 2. The molecule has 148 valence electrons. The molecule has 0 spiro atoms. The Kier molecular flexibility index (Phi) is 5.97. The number of amides is 2. The van der Waals surface area contributed by atoms with Crippen molar-refractivity contribution in [3.8, 4) is 0 Å². The van der Waals surface area contributed by atoms with E-state index in [1.165, 1.54) is 0 Å². The van der Waals surface area contributed by atoms with E-state index in [4.69, 9.17) is 0 Å². The van der Waals surface area contributed by atoms with Crippen molar-refractivity contribution in [1.82, 2.24) is 0 Å². The quantitative estimate of drug-likeness (QED) is 0.306. The Morgan fingerprint density at radius 3 is 1.30 bits per heavy atom. The van der Waals surface area contributed by atoms with Crippen LogP contribution in [0.5, 0.6) is 0 Å². The van der Waals surface area contributed by atoms with Crippen molar-refractivity contribution < 1.29 is 9.59 Å². The molecular formula is C24H16Br2N2O2. The fourth-order valence-electron chi connectivity index (χ4n) is 3.04. The van der Waals surface area contributed by atoms with Crippen LogP contribution in [0.4, 0.5) is 11.4 Å². The first-order valence-corrected chi connectivity index (χ1v) is 10.7. The predicted molar refractivity (Wildman–Crippen MR) is 128 cm³/mol. The van der Waals surface area contributed by atoms with E-state index in [1.54, 1.807) is 24.3 Å². The molecule has 0 aliphatic carbocycles. The summed E-state index contributed by atoms with van der Waals surface area (Å²) in [5.74, 6) is -0.506. The number of rotatable bonds is 4. The van der Waals surface area contributed by atoms with Crippen molar-refractivity contribution in [2.45, 2.75) is 0 Å². The minimum atomic E-state index is -0.253. The standard InChI is InChI=1S/C24H16Br2N2O2/c25-19-9-5-15(6-10-19)23(29)27-21-13-17-3-1-2-4-18(17)14-22(21)28-24(30)16-7-11-20(26)12-8-16/h1-14H,(H,27,29)(H,28,30). The fraction of sp³-hybridized carbons (Fsp3) is 0. The number of carbonyl (C=O) groups excluding carboxylic acids is 2. The van der Waals surface area contributed by atoms with Crippen molar-refractivity contribution >= 4 is 65.8 Å². The number of halogens is 2. The van der Waals surface area contributed by atoms with Crippen LogP contribution in [0.1, 0.15) is 20.7 Å². The smallest absolute Gasteiger partial charge is 0.255 e. The number of carbonyl (C=O) groups is 2. The van der Waals surface area contributed by atoms with E-state index in [-0.39, 0.29) is 11.8 Å². The highest BCUT2D eigenvalue weighted by atomic mass is 79.9. The maximum atomic E-state index is 12.8. The summed E-state index contributed by atoms with van der Waals surface area (Å²) in [7, 11) is 0. The first-order valence-electron chi connectivity index (χ1n) is 9.16. The normalized spacial score (nSPS) is 10.6. The molecule has 30 heavy (non-hydrogen) atoms. The minimum absolute atomic E-state index is 0.253. The molecule has 2 N–H and O–H groups in total.